The van der Waals surface area contributed by atoms with Gasteiger partial charge in [-0.2, -0.15) is 0 Å². The van der Waals surface area contributed by atoms with Crippen molar-refractivity contribution in [2.75, 3.05) is 0 Å². The molecule has 0 atom stereocenters. The van der Waals surface area contributed by atoms with Crippen LogP contribution in [0.4, 0.5) is 0 Å². The van der Waals surface area contributed by atoms with E-state index in [2.05, 4.69) is 16.3 Å². The highest BCUT2D eigenvalue weighted by molar-refractivity contribution is 7.09. The van der Waals surface area contributed by atoms with E-state index in [0.717, 1.165) is 18.4 Å². The first kappa shape index (κ1) is 16.9. The van der Waals surface area contributed by atoms with Gasteiger partial charge in [0.25, 0.3) is 0 Å². The summed E-state index contributed by atoms with van der Waals surface area (Å²) in [5.74, 6) is 0.240. The summed E-state index contributed by atoms with van der Waals surface area (Å²) >= 11 is 1.71. The minimum atomic E-state index is 0.0538. The number of amides is 1. The normalized spacial score (nSPS) is 14.7. The monoisotopic (exact) mass is 341 g/mol. The number of Topliss-reactive ketones (excluding diaryl/α,β-unsaturated/α-hetero) is 1. The van der Waals surface area contributed by atoms with Crippen LogP contribution in [0.5, 0.6) is 0 Å². The van der Waals surface area contributed by atoms with Crippen molar-refractivity contribution in [2.45, 2.75) is 51.6 Å². The van der Waals surface area contributed by atoms with Crippen molar-refractivity contribution < 1.29 is 9.59 Å². The lowest BCUT2D eigenvalue weighted by Gasteiger charge is -2.29. The van der Waals surface area contributed by atoms with Crippen LogP contribution in [0.3, 0.4) is 0 Å². The summed E-state index contributed by atoms with van der Waals surface area (Å²) in [6, 6.07) is 11.9. The number of carbonyl (C=O) groups excluding carboxylic acids is 2. The molecule has 0 radical (unpaired) electrons. The number of ketones is 1. The lowest BCUT2D eigenvalue weighted by atomic mass is 10.1. The van der Waals surface area contributed by atoms with E-state index >= 15 is 0 Å². The Morgan fingerprint density at radius 1 is 1.12 bits per heavy atom. The fourth-order valence-corrected chi connectivity index (χ4v) is 4.04. The van der Waals surface area contributed by atoms with Gasteiger partial charge in [0.15, 0.2) is 5.78 Å². The topological polar surface area (TPSA) is 37.4 Å². The maximum Gasteiger partial charge on any atom is 0.227 e. The van der Waals surface area contributed by atoms with E-state index in [9.17, 15) is 9.59 Å². The molecule has 1 amide bonds. The Morgan fingerprint density at radius 3 is 2.42 bits per heavy atom. The number of hydrogen-bond donors (Lipinski definition) is 0. The van der Waals surface area contributed by atoms with Crippen molar-refractivity contribution in [1.29, 1.82) is 0 Å². The minimum absolute atomic E-state index is 0.0538. The van der Waals surface area contributed by atoms with E-state index in [1.165, 1.54) is 17.7 Å². The van der Waals surface area contributed by atoms with E-state index in [4.69, 9.17) is 0 Å². The van der Waals surface area contributed by atoms with Crippen molar-refractivity contribution >= 4 is 23.0 Å². The second kappa shape index (κ2) is 7.75. The van der Waals surface area contributed by atoms with Crippen molar-refractivity contribution in [3.8, 4) is 0 Å². The Morgan fingerprint density at radius 2 is 1.83 bits per heavy atom. The molecule has 1 fully saturated rings. The third-order valence-electron chi connectivity index (χ3n) is 4.71. The maximum absolute atomic E-state index is 12.9. The summed E-state index contributed by atoms with van der Waals surface area (Å²) in [5, 5.41) is 2.06. The first-order valence-electron chi connectivity index (χ1n) is 8.55. The molecule has 2 aromatic rings. The van der Waals surface area contributed by atoms with Crippen LogP contribution in [0.25, 0.3) is 0 Å². The zero-order valence-corrected chi connectivity index (χ0v) is 14.8. The second-order valence-corrected chi connectivity index (χ2v) is 7.50. The van der Waals surface area contributed by atoms with E-state index < -0.39 is 0 Å². The molecule has 1 aromatic carbocycles. The Kier molecular flexibility index (Phi) is 5.46. The summed E-state index contributed by atoms with van der Waals surface area (Å²) in [5.41, 5.74) is 1.66. The molecule has 1 aliphatic carbocycles. The SMILES string of the molecule is CC(=O)c1ccc(CC(=O)N(Cc2cccs2)C2CCCC2)cc1. The summed E-state index contributed by atoms with van der Waals surface area (Å²) in [4.78, 5) is 27.6. The third kappa shape index (κ3) is 4.12. The molecule has 3 nitrogen and oxygen atoms in total. The lowest BCUT2D eigenvalue weighted by Crippen LogP contribution is -2.39. The molecule has 24 heavy (non-hydrogen) atoms. The van der Waals surface area contributed by atoms with Crippen molar-refractivity contribution in [1.82, 2.24) is 4.90 Å². The Hall–Kier alpha value is -1.94. The average molecular weight is 341 g/mol. The van der Waals surface area contributed by atoms with Gasteiger partial charge in [-0.1, -0.05) is 43.2 Å². The zero-order valence-electron chi connectivity index (χ0n) is 14.0. The van der Waals surface area contributed by atoms with Crippen molar-refractivity contribution in [3.63, 3.8) is 0 Å². The summed E-state index contributed by atoms with van der Waals surface area (Å²) in [7, 11) is 0. The second-order valence-electron chi connectivity index (χ2n) is 6.47. The number of carbonyl (C=O) groups is 2. The molecule has 1 saturated carbocycles. The minimum Gasteiger partial charge on any atom is -0.334 e. The first-order chi connectivity index (χ1) is 11.6. The molecule has 1 aromatic heterocycles. The molecule has 0 bridgehead atoms. The van der Waals surface area contributed by atoms with Crippen LogP contribution in [0, 0.1) is 0 Å². The van der Waals surface area contributed by atoms with E-state index in [1.54, 1.807) is 18.3 Å². The third-order valence-corrected chi connectivity index (χ3v) is 5.57. The van der Waals surface area contributed by atoms with E-state index in [1.807, 2.05) is 30.3 Å². The van der Waals surface area contributed by atoms with Crippen LogP contribution < -0.4 is 0 Å². The Labute approximate surface area is 147 Å². The maximum atomic E-state index is 12.9. The highest BCUT2D eigenvalue weighted by atomic mass is 32.1. The standard InChI is InChI=1S/C20H23NO2S/c1-15(22)17-10-8-16(9-11-17)13-20(23)21(18-5-2-3-6-18)14-19-7-4-12-24-19/h4,7-12,18H,2-3,5-6,13-14H2,1H3. The van der Waals surface area contributed by atoms with E-state index in [-0.39, 0.29) is 11.7 Å². The van der Waals surface area contributed by atoms with Crippen LogP contribution >= 0.6 is 11.3 Å². The number of hydrogen-bond acceptors (Lipinski definition) is 3. The lowest BCUT2D eigenvalue weighted by molar-refractivity contribution is -0.133. The summed E-state index contributed by atoms with van der Waals surface area (Å²) < 4.78 is 0. The van der Waals surface area contributed by atoms with Crippen molar-refractivity contribution in [2.24, 2.45) is 0 Å². The largest absolute Gasteiger partial charge is 0.334 e. The average Bonchev–Trinajstić information content (AvgIpc) is 3.26. The molecule has 1 aliphatic rings. The van der Waals surface area contributed by atoms with Gasteiger partial charge in [0.1, 0.15) is 0 Å². The summed E-state index contributed by atoms with van der Waals surface area (Å²) in [6.07, 6.45) is 5.05. The highest BCUT2D eigenvalue weighted by Crippen LogP contribution is 2.26. The van der Waals surface area contributed by atoms with Gasteiger partial charge in [-0.3, -0.25) is 9.59 Å². The molecule has 0 N–H and O–H groups in total. The molecule has 0 unspecified atom stereocenters. The van der Waals surface area contributed by atoms with Gasteiger partial charge in [0.2, 0.25) is 5.91 Å². The molecular weight excluding hydrogens is 318 g/mol. The fourth-order valence-electron chi connectivity index (χ4n) is 3.34. The molecule has 0 aliphatic heterocycles. The van der Waals surface area contributed by atoms with Gasteiger partial charge in [-0.25, -0.2) is 0 Å². The number of nitrogens with zero attached hydrogens (tertiary/aromatic N) is 1. The fraction of sp³-hybridized carbons (Fsp3) is 0.400. The first-order valence-corrected chi connectivity index (χ1v) is 9.43. The molecule has 3 rings (SSSR count). The number of benzene rings is 1. The van der Waals surface area contributed by atoms with Crippen LogP contribution in [-0.4, -0.2) is 22.6 Å². The van der Waals surface area contributed by atoms with Crippen LogP contribution in [-0.2, 0) is 17.8 Å². The quantitative estimate of drug-likeness (QED) is 0.727. The van der Waals surface area contributed by atoms with Gasteiger partial charge >= 0.3 is 0 Å². The van der Waals surface area contributed by atoms with Gasteiger partial charge in [-0.05, 0) is 36.8 Å². The van der Waals surface area contributed by atoms with Gasteiger partial charge < -0.3 is 4.90 Å². The van der Waals surface area contributed by atoms with Crippen LogP contribution in [0.2, 0.25) is 0 Å². The predicted octanol–water partition coefficient (Wildman–Crippen LogP) is 4.46. The summed E-state index contributed by atoms with van der Waals surface area (Å²) in [6.45, 7) is 2.27. The predicted molar refractivity (Wildman–Crippen MR) is 97.3 cm³/mol. The van der Waals surface area contributed by atoms with Crippen molar-refractivity contribution in [3.05, 3.63) is 57.8 Å². The molecule has 1 heterocycles. The number of rotatable bonds is 6. The van der Waals surface area contributed by atoms with Gasteiger partial charge in [-0.15, -0.1) is 11.3 Å². The number of thiophene rings is 1. The highest BCUT2D eigenvalue weighted by Gasteiger charge is 2.27. The Balaban J connectivity index is 1.71. The molecular formula is C20H23NO2S. The van der Waals surface area contributed by atoms with E-state index in [0.29, 0.717) is 24.6 Å². The molecule has 126 valence electrons. The van der Waals surface area contributed by atoms with Gasteiger partial charge in [0.05, 0.1) is 13.0 Å². The van der Waals surface area contributed by atoms with Gasteiger partial charge in [0, 0.05) is 16.5 Å². The molecule has 4 heteroatoms. The Bertz CT molecular complexity index is 685. The molecule has 0 saturated heterocycles. The van der Waals surface area contributed by atoms with Crippen LogP contribution in [0.1, 0.15) is 53.4 Å². The smallest absolute Gasteiger partial charge is 0.227 e. The van der Waals surface area contributed by atoms with Crippen LogP contribution in [0.15, 0.2) is 41.8 Å². The zero-order chi connectivity index (χ0) is 16.9. The molecule has 0 spiro atoms.